The van der Waals surface area contributed by atoms with Crippen LogP contribution in [-0.2, 0) is 0 Å². The van der Waals surface area contributed by atoms with Crippen LogP contribution in [0.25, 0.3) is 0 Å². The van der Waals surface area contributed by atoms with Crippen LogP contribution in [0.2, 0.25) is 0 Å². The summed E-state index contributed by atoms with van der Waals surface area (Å²) in [5.74, 6) is 0.0530. The van der Waals surface area contributed by atoms with Gasteiger partial charge in [0.2, 0.25) is 5.95 Å². The second-order valence-corrected chi connectivity index (χ2v) is 8.64. The zero-order valence-electron chi connectivity index (χ0n) is 15.7. The molecule has 2 aliphatic heterocycles. The van der Waals surface area contributed by atoms with Gasteiger partial charge in [-0.05, 0) is 44.6 Å². The summed E-state index contributed by atoms with van der Waals surface area (Å²) in [6.07, 6.45) is -1.80. The van der Waals surface area contributed by atoms with Gasteiger partial charge in [0.05, 0.1) is 5.56 Å². The number of rotatable bonds is 2. The SMILES string of the molecule is Cc1scc(C(=O)N2CCCC([C@@H]3C[C@H](C(F)(F)F)n4ncnc4N3)C2)c1C. The lowest BCUT2D eigenvalue weighted by Crippen LogP contribution is -2.49. The fourth-order valence-corrected chi connectivity index (χ4v) is 5.01. The van der Waals surface area contributed by atoms with Gasteiger partial charge in [-0.3, -0.25) is 4.79 Å². The van der Waals surface area contributed by atoms with Crippen molar-refractivity contribution in [2.45, 2.75) is 51.4 Å². The summed E-state index contributed by atoms with van der Waals surface area (Å²) in [7, 11) is 0. The zero-order valence-corrected chi connectivity index (χ0v) is 16.5. The van der Waals surface area contributed by atoms with Crippen LogP contribution < -0.4 is 5.32 Å². The Morgan fingerprint density at radius 3 is 2.82 bits per heavy atom. The Labute approximate surface area is 164 Å². The van der Waals surface area contributed by atoms with Gasteiger partial charge in [0.25, 0.3) is 5.91 Å². The van der Waals surface area contributed by atoms with E-state index in [1.54, 1.807) is 16.2 Å². The number of aryl methyl sites for hydroxylation is 1. The number of alkyl halides is 3. The maximum absolute atomic E-state index is 13.5. The molecule has 152 valence electrons. The molecule has 2 aromatic heterocycles. The first-order valence-corrected chi connectivity index (χ1v) is 10.2. The average molecular weight is 413 g/mol. The molecule has 1 saturated heterocycles. The number of carbonyl (C=O) groups excluding carboxylic acids is 1. The first-order chi connectivity index (χ1) is 13.3. The Kier molecular flexibility index (Phi) is 4.84. The molecule has 0 spiro atoms. The van der Waals surface area contributed by atoms with Gasteiger partial charge in [-0.2, -0.15) is 23.3 Å². The van der Waals surface area contributed by atoms with Crippen molar-refractivity contribution < 1.29 is 18.0 Å². The second kappa shape index (κ2) is 7.06. The van der Waals surface area contributed by atoms with E-state index < -0.39 is 18.3 Å². The molecule has 4 rings (SSSR count). The molecule has 3 atom stereocenters. The molecule has 1 unspecified atom stereocenters. The highest BCUT2D eigenvalue weighted by molar-refractivity contribution is 7.10. The van der Waals surface area contributed by atoms with E-state index in [9.17, 15) is 18.0 Å². The van der Waals surface area contributed by atoms with Crippen molar-refractivity contribution in [3.05, 3.63) is 27.7 Å². The van der Waals surface area contributed by atoms with Crippen LogP contribution in [-0.4, -0.2) is 50.9 Å². The summed E-state index contributed by atoms with van der Waals surface area (Å²) in [6, 6.07) is -2.09. The van der Waals surface area contributed by atoms with Crippen molar-refractivity contribution in [2.75, 3.05) is 18.4 Å². The molecule has 4 heterocycles. The molecular formula is C18H22F3N5OS. The molecule has 2 aliphatic rings. The molecule has 0 aliphatic carbocycles. The summed E-state index contributed by atoms with van der Waals surface area (Å²) in [4.78, 5) is 19.8. The van der Waals surface area contributed by atoms with E-state index >= 15 is 0 Å². The summed E-state index contributed by atoms with van der Waals surface area (Å²) in [5.41, 5.74) is 1.69. The standard InChI is InChI=1S/C18H22F3N5OS/c1-10-11(2)28-8-13(10)16(27)25-5-3-4-12(7-25)14-6-15(18(19,20)21)26-17(24-14)22-9-23-26/h8-9,12,14-15H,3-7H2,1-2H3,(H,22,23,24)/t12?,14-,15+/m0/s1. The van der Waals surface area contributed by atoms with Gasteiger partial charge < -0.3 is 10.2 Å². The summed E-state index contributed by atoms with van der Waals surface area (Å²) < 4.78 is 41.5. The number of amides is 1. The Morgan fingerprint density at radius 2 is 2.14 bits per heavy atom. The Bertz CT molecular complexity index is 877. The summed E-state index contributed by atoms with van der Waals surface area (Å²) >= 11 is 1.55. The Morgan fingerprint density at radius 1 is 1.36 bits per heavy atom. The molecule has 2 aromatic rings. The van der Waals surface area contributed by atoms with Crippen molar-refractivity contribution in [3.63, 3.8) is 0 Å². The number of anilines is 1. The molecule has 0 aromatic carbocycles. The smallest absolute Gasteiger partial charge is 0.351 e. The largest absolute Gasteiger partial charge is 0.411 e. The molecule has 0 saturated carbocycles. The number of fused-ring (bicyclic) bond motifs is 1. The number of aromatic nitrogens is 3. The molecule has 0 bridgehead atoms. The zero-order chi connectivity index (χ0) is 20.1. The van der Waals surface area contributed by atoms with Gasteiger partial charge in [-0.15, -0.1) is 11.3 Å². The van der Waals surface area contributed by atoms with Gasteiger partial charge in [0, 0.05) is 29.4 Å². The number of hydrogen-bond donors (Lipinski definition) is 1. The highest BCUT2D eigenvalue weighted by Crippen LogP contribution is 2.41. The van der Waals surface area contributed by atoms with Crippen molar-refractivity contribution in [1.29, 1.82) is 0 Å². The lowest BCUT2D eigenvalue weighted by molar-refractivity contribution is -0.174. The third-order valence-electron chi connectivity index (χ3n) is 5.87. The van der Waals surface area contributed by atoms with Crippen LogP contribution in [0.4, 0.5) is 19.1 Å². The summed E-state index contributed by atoms with van der Waals surface area (Å²) in [6.45, 7) is 5.00. The lowest BCUT2D eigenvalue weighted by atomic mass is 9.85. The van der Waals surface area contributed by atoms with E-state index in [1.807, 2.05) is 19.2 Å². The van der Waals surface area contributed by atoms with Crippen LogP contribution in [0.15, 0.2) is 11.7 Å². The number of carbonyl (C=O) groups is 1. The normalized spacial score (nSPS) is 25.3. The molecule has 0 radical (unpaired) electrons. The van der Waals surface area contributed by atoms with Gasteiger partial charge >= 0.3 is 6.18 Å². The predicted molar refractivity (Wildman–Crippen MR) is 99.6 cm³/mol. The average Bonchev–Trinajstić information content (AvgIpc) is 3.26. The van der Waals surface area contributed by atoms with Crippen LogP contribution in [0, 0.1) is 19.8 Å². The minimum atomic E-state index is -4.39. The van der Waals surface area contributed by atoms with Gasteiger partial charge in [-0.1, -0.05) is 0 Å². The number of nitrogens with one attached hydrogen (secondary N) is 1. The minimum Gasteiger partial charge on any atom is -0.351 e. The monoisotopic (exact) mass is 413 g/mol. The van der Waals surface area contributed by atoms with Gasteiger partial charge in [-0.25, -0.2) is 4.68 Å². The van der Waals surface area contributed by atoms with E-state index in [0.29, 0.717) is 18.7 Å². The number of nitrogens with zero attached hydrogens (tertiary/aromatic N) is 4. The quantitative estimate of drug-likeness (QED) is 0.814. The highest BCUT2D eigenvalue weighted by atomic mass is 32.1. The predicted octanol–water partition coefficient (Wildman–Crippen LogP) is 3.80. The van der Waals surface area contributed by atoms with E-state index in [-0.39, 0.29) is 24.2 Å². The van der Waals surface area contributed by atoms with Crippen molar-refractivity contribution in [3.8, 4) is 0 Å². The minimum absolute atomic E-state index is 0.0297. The fraction of sp³-hybridized carbons (Fsp3) is 0.611. The van der Waals surface area contributed by atoms with Gasteiger partial charge in [0.1, 0.15) is 6.33 Å². The van der Waals surface area contributed by atoms with E-state index in [2.05, 4.69) is 15.4 Å². The highest BCUT2D eigenvalue weighted by Gasteiger charge is 2.48. The number of hydrogen-bond acceptors (Lipinski definition) is 5. The van der Waals surface area contributed by atoms with E-state index in [1.165, 1.54) is 0 Å². The van der Waals surface area contributed by atoms with E-state index in [4.69, 9.17) is 0 Å². The molecule has 10 heteroatoms. The molecular weight excluding hydrogens is 391 g/mol. The molecule has 1 N–H and O–H groups in total. The number of thiophene rings is 1. The summed E-state index contributed by atoms with van der Waals surface area (Å²) in [5, 5.41) is 8.73. The lowest BCUT2D eigenvalue weighted by Gasteiger charge is -2.41. The van der Waals surface area contributed by atoms with Crippen LogP contribution in [0.5, 0.6) is 0 Å². The van der Waals surface area contributed by atoms with Crippen molar-refractivity contribution in [1.82, 2.24) is 19.7 Å². The number of likely N-dealkylation sites (tertiary alicyclic amines) is 1. The molecule has 1 fully saturated rings. The maximum atomic E-state index is 13.5. The third-order valence-corrected chi connectivity index (χ3v) is 6.88. The third kappa shape index (κ3) is 3.38. The Balaban J connectivity index is 1.52. The van der Waals surface area contributed by atoms with Crippen LogP contribution in [0.3, 0.4) is 0 Å². The molecule has 1 amide bonds. The fourth-order valence-electron chi connectivity index (χ4n) is 4.15. The van der Waals surface area contributed by atoms with Crippen molar-refractivity contribution >= 4 is 23.2 Å². The van der Waals surface area contributed by atoms with Crippen LogP contribution in [0.1, 0.15) is 46.1 Å². The molecule has 28 heavy (non-hydrogen) atoms. The first kappa shape index (κ1) is 19.2. The van der Waals surface area contributed by atoms with Gasteiger partial charge in [0.15, 0.2) is 6.04 Å². The molecule has 6 nitrogen and oxygen atoms in total. The first-order valence-electron chi connectivity index (χ1n) is 9.32. The maximum Gasteiger partial charge on any atom is 0.411 e. The van der Waals surface area contributed by atoms with Crippen LogP contribution >= 0.6 is 11.3 Å². The Hall–Kier alpha value is -2.10. The van der Waals surface area contributed by atoms with Crippen molar-refractivity contribution in [2.24, 2.45) is 5.92 Å². The number of piperidine rings is 1. The van der Waals surface area contributed by atoms with E-state index in [0.717, 1.165) is 34.3 Å². The number of halogens is 3. The second-order valence-electron chi connectivity index (χ2n) is 7.56. The topological polar surface area (TPSA) is 63.1 Å².